The van der Waals surface area contributed by atoms with Crippen LogP contribution in [-0.2, 0) is 0 Å². The molecule has 0 N–H and O–H groups in total. The van der Waals surface area contributed by atoms with Gasteiger partial charge in [0, 0.05) is 17.4 Å². The van der Waals surface area contributed by atoms with Crippen LogP contribution in [0.1, 0.15) is 12.0 Å². The summed E-state index contributed by atoms with van der Waals surface area (Å²) in [4.78, 5) is 0. The van der Waals surface area contributed by atoms with Crippen LogP contribution in [0.25, 0.3) is 0 Å². The van der Waals surface area contributed by atoms with Gasteiger partial charge in [-0.15, -0.1) is 0 Å². The minimum Gasteiger partial charge on any atom is -0.0968 e. The Bertz CT molecular complexity index is 1230. The van der Waals surface area contributed by atoms with E-state index in [0.29, 0.717) is 5.40 Å². The summed E-state index contributed by atoms with van der Waals surface area (Å²) in [6, 6.07) is 54.6. The van der Waals surface area contributed by atoms with Gasteiger partial charge in [-0.3, -0.25) is 0 Å². The standard InChI is InChI=1S/C34H28P2/c1-6-17-29(18-7-1)19-16-28-34(35(30-20-8-2-9-21-30)31-22-10-3-11-23-31)36(32-24-12-4-13-25-32)33-26-14-5-15-27-33/h1-15,17-18,20-27,34H,28H2. The quantitative estimate of drug-likeness (QED) is 0.167. The molecule has 0 aromatic heterocycles. The summed E-state index contributed by atoms with van der Waals surface area (Å²) in [5.41, 5.74) is 1.07. The topological polar surface area (TPSA) is 0 Å². The molecule has 0 spiro atoms. The summed E-state index contributed by atoms with van der Waals surface area (Å²) in [6.07, 6.45) is 0.833. The van der Waals surface area contributed by atoms with Crippen LogP contribution in [0.4, 0.5) is 0 Å². The zero-order chi connectivity index (χ0) is 24.4. The van der Waals surface area contributed by atoms with Crippen LogP contribution >= 0.6 is 15.8 Å². The normalized spacial score (nSPS) is 10.9. The molecule has 0 bridgehead atoms. The third-order valence-electron chi connectivity index (χ3n) is 6.02. The van der Waals surface area contributed by atoms with E-state index in [-0.39, 0.29) is 0 Å². The van der Waals surface area contributed by atoms with Crippen LogP contribution in [0.2, 0.25) is 0 Å². The molecule has 0 saturated carbocycles. The maximum atomic E-state index is 3.62. The average Bonchev–Trinajstić information content (AvgIpc) is 2.96. The summed E-state index contributed by atoms with van der Waals surface area (Å²) in [6.45, 7) is 0. The predicted octanol–water partition coefficient (Wildman–Crippen LogP) is 7.02. The van der Waals surface area contributed by atoms with Crippen LogP contribution in [0.3, 0.4) is 0 Å². The highest BCUT2D eigenvalue weighted by Gasteiger charge is 2.33. The van der Waals surface area contributed by atoms with Crippen LogP contribution in [0.5, 0.6) is 0 Å². The first-order valence-electron chi connectivity index (χ1n) is 12.2. The van der Waals surface area contributed by atoms with Gasteiger partial charge >= 0.3 is 0 Å². The minimum absolute atomic E-state index is 0.362. The minimum atomic E-state index is -0.655. The van der Waals surface area contributed by atoms with Gasteiger partial charge in [0.15, 0.2) is 0 Å². The molecule has 0 radical (unpaired) electrons. The first-order chi connectivity index (χ1) is 17.9. The summed E-state index contributed by atoms with van der Waals surface area (Å²) in [5.74, 6) is 7.09. The highest BCUT2D eigenvalue weighted by atomic mass is 31.2. The van der Waals surface area contributed by atoms with Crippen LogP contribution < -0.4 is 21.2 Å². The Labute approximate surface area is 217 Å². The predicted molar refractivity (Wildman–Crippen MR) is 160 cm³/mol. The molecule has 0 saturated heterocycles. The molecule has 0 heterocycles. The fourth-order valence-corrected chi connectivity index (χ4v) is 11.4. The smallest absolute Gasteiger partial charge is 0.0264 e. The van der Waals surface area contributed by atoms with E-state index in [1.165, 1.54) is 21.2 Å². The van der Waals surface area contributed by atoms with Crippen molar-refractivity contribution in [3.63, 3.8) is 0 Å². The Kier molecular flexibility index (Phi) is 8.39. The molecule has 5 aromatic carbocycles. The van der Waals surface area contributed by atoms with Crippen molar-refractivity contribution < 1.29 is 0 Å². The van der Waals surface area contributed by atoms with Crippen LogP contribution in [0, 0.1) is 11.8 Å². The van der Waals surface area contributed by atoms with Crippen molar-refractivity contribution in [2.24, 2.45) is 0 Å². The van der Waals surface area contributed by atoms with Gasteiger partial charge in [0.1, 0.15) is 0 Å². The van der Waals surface area contributed by atoms with Gasteiger partial charge in [-0.05, 0) is 49.2 Å². The number of hydrogen-bond acceptors (Lipinski definition) is 0. The van der Waals surface area contributed by atoms with E-state index in [1.807, 2.05) is 6.07 Å². The third-order valence-corrected chi connectivity index (χ3v) is 12.4. The molecular weight excluding hydrogens is 470 g/mol. The van der Waals surface area contributed by atoms with Crippen molar-refractivity contribution in [2.45, 2.75) is 11.8 Å². The molecular formula is C34H28P2. The summed E-state index contributed by atoms with van der Waals surface area (Å²) < 4.78 is 0. The Morgan fingerprint density at radius 1 is 0.417 bits per heavy atom. The molecule has 5 rings (SSSR count). The lowest BCUT2D eigenvalue weighted by atomic mass is 10.2. The van der Waals surface area contributed by atoms with E-state index in [2.05, 4.69) is 157 Å². The van der Waals surface area contributed by atoms with Crippen LogP contribution in [-0.4, -0.2) is 5.40 Å². The molecule has 2 heteroatoms. The molecule has 174 valence electrons. The average molecular weight is 499 g/mol. The van der Waals surface area contributed by atoms with Crippen molar-refractivity contribution in [3.8, 4) is 11.8 Å². The van der Waals surface area contributed by atoms with Gasteiger partial charge in [0.25, 0.3) is 0 Å². The fourth-order valence-electron chi connectivity index (χ4n) is 4.40. The molecule has 0 amide bonds. The largest absolute Gasteiger partial charge is 0.0968 e. The number of rotatable bonds is 7. The van der Waals surface area contributed by atoms with Gasteiger partial charge in [-0.2, -0.15) is 0 Å². The summed E-state index contributed by atoms with van der Waals surface area (Å²) >= 11 is 0. The monoisotopic (exact) mass is 498 g/mol. The number of hydrogen-bond donors (Lipinski definition) is 0. The SMILES string of the molecule is C(#Cc1ccccc1)CC(P(c1ccccc1)c1ccccc1)P(c1ccccc1)c1ccccc1. The molecule has 36 heavy (non-hydrogen) atoms. The van der Waals surface area contributed by atoms with Gasteiger partial charge in [0.05, 0.1) is 0 Å². The first-order valence-corrected chi connectivity index (χ1v) is 15.0. The van der Waals surface area contributed by atoms with Gasteiger partial charge < -0.3 is 0 Å². The highest BCUT2D eigenvalue weighted by molar-refractivity contribution is 7.89. The Balaban J connectivity index is 1.68. The Morgan fingerprint density at radius 2 is 0.722 bits per heavy atom. The molecule has 5 aromatic rings. The Hall–Kier alpha value is -3.48. The lowest BCUT2D eigenvalue weighted by Crippen LogP contribution is -2.27. The second kappa shape index (κ2) is 12.5. The summed E-state index contributed by atoms with van der Waals surface area (Å²) in [7, 11) is -1.31. The molecule has 0 aliphatic rings. The van der Waals surface area contributed by atoms with Crippen molar-refractivity contribution in [2.75, 3.05) is 0 Å². The zero-order valence-corrected chi connectivity index (χ0v) is 21.9. The van der Waals surface area contributed by atoms with Crippen molar-refractivity contribution in [1.82, 2.24) is 0 Å². The lowest BCUT2D eigenvalue weighted by Gasteiger charge is -2.35. The molecule has 0 aliphatic heterocycles. The highest BCUT2D eigenvalue weighted by Crippen LogP contribution is 2.57. The Morgan fingerprint density at radius 3 is 1.06 bits per heavy atom. The second-order valence-electron chi connectivity index (χ2n) is 8.43. The molecule has 0 aliphatic carbocycles. The van der Waals surface area contributed by atoms with Crippen molar-refractivity contribution >= 4 is 37.1 Å². The fraction of sp³-hybridized carbons (Fsp3) is 0.0588. The van der Waals surface area contributed by atoms with Crippen molar-refractivity contribution in [3.05, 3.63) is 157 Å². The maximum absolute atomic E-state index is 3.62. The van der Waals surface area contributed by atoms with E-state index in [1.54, 1.807) is 0 Å². The van der Waals surface area contributed by atoms with Gasteiger partial charge in [-0.25, -0.2) is 0 Å². The lowest BCUT2D eigenvalue weighted by molar-refractivity contribution is 1.20. The number of benzene rings is 5. The van der Waals surface area contributed by atoms with E-state index in [0.717, 1.165) is 12.0 Å². The van der Waals surface area contributed by atoms with E-state index in [9.17, 15) is 0 Å². The second-order valence-corrected chi connectivity index (χ2v) is 13.6. The zero-order valence-electron chi connectivity index (χ0n) is 20.1. The van der Waals surface area contributed by atoms with E-state index >= 15 is 0 Å². The maximum Gasteiger partial charge on any atom is 0.0264 e. The molecule has 0 unspecified atom stereocenters. The molecule has 0 atom stereocenters. The molecule has 0 nitrogen and oxygen atoms in total. The van der Waals surface area contributed by atoms with E-state index in [4.69, 9.17) is 0 Å². The van der Waals surface area contributed by atoms with Crippen molar-refractivity contribution in [1.29, 1.82) is 0 Å². The third kappa shape index (κ3) is 6.01. The van der Waals surface area contributed by atoms with Gasteiger partial charge in [0.2, 0.25) is 0 Å². The molecule has 0 fully saturated rings. The first kappa shape index (κ1) is 24.2. The van der Waals surface area contributed by atoms with E-state index < -0.39 is 15.8 Å². The van der Waals surface area contributed by atoms with Gasteiger partial charge in [-0.1, -0.05) is 151 Å². The van der Waals surface area contributed by atoms with Crippen LogP contribution in [0.15, 0.2) is 152 Å². The summed E-state index contributed by atoms with van der Waals surface area (Å²) in [5, 5.41) is 5.99.